The van der Waals surface area contributed by atoms with Crippen molar-refractivity contribution in [3.8, 4) is 0 Å². The van der Waals surface area contributed by atoms with Crippen molar-refractivity contribution in [2.24, 2.45) is 0 Å². The molecule has 0 saturated heterocycles. The van der Waals surface area contributed by atoms with Crippen molar-refractivity contribution in [3.05, 3.63) is 18.2 Å². The van der Waals surface area contributed by atoms with Crippen LogP contribution in [0.4, 0.5) is 11.4 Å². The van der Waals surface area contributed by atoms with Gasteiger partial charge in [-0.3, -0.25) is 0 Å². The summed E-state index contributed by atoms with van der Waals surface area (Å²) < 4.78 is 10.6. The molecular formula is C14H22N2O2S. The topological polar surface area (TPSA) is 47.7 Å². The van der Waals surface area contributed by atoms with Crippen LogP contribution in [-0.4, -0.2) is 45.8 Å². The lowest BCUT2D eigenvalue weighted by Gasteiger charge is -2.31. The third kappa shape index (κ3) is 4.30. The van der Waals surface area contributed by atoms with Gasteiger partial charge in [-0.05, 0) is 24.6 Å². The fourth-order valence-electron chi connectivity index (χ4n) is 2.10. The van der Waals surface area contributed by atoms with Gasteiger partial charge in [0.25, 0.3) is 0 Å². The second kappa shape index (κ2) is 7.62. The average molecular weight is 282 g/mol. The number of benzene rings is 1. The highest BCUT2D eigenvalue weighted by molar-refractivity contribution is 7.99. The fourth-order valence-corrected chi connectivity index (χ4v) is 3.14. The van der Waals surface area contributed by atoms with E-state index < -0.39 is 0 Å². The van der Waals surface area contributed by atoms with Crippen LogP contribution < -0.4 is 10.6 Å². The van der Waals surface area contributed by atoms with Gasteiger partial charge in [-0.25, -0.2) is 0 Å². The van der Waals surface area contributed by atoms with Crippen LogP contribution in [0, 0.1) is 0 Å². The number of hydrogen-bond donors (Lipinski definition) is 1. The summed E-state index contributed by atoms with van der Waals surface area (Å²) in [6.07, 6.45) is 0.954. The van der Waals surface area contributed by atoms with Crippen molar-refractivity contribution in [3.63, 3.8) is 0 Å². The summed E-state index contributed by atoms with van der Waals surface area (Å²) in [5, 5.41) is 0. The molecule has 4 nitrogen and oxygen atoms in total. The zero-order valence-corrected chi connectivity index (χ0v) is 12.2. The Morgan fingerprint density at radius 3 is 3.05 bits per heavy atom. The molecule has 1 heterocycles. The Kier molecular flexibility index (Phi) is 5.82. The molecule has 1 aromatic carbocycles. The third-order valence-corrected chi connectivity index (χ3v) is 4.13. The van der Waals surface area contributed by atoms with Crippen LogP contribution in [-0.2, 0) is 9.47 Å². The summed E-state index contributed by atoms with van der Waals surface area (Å²) in [6, 6.07) is 6.14. The van der Waals surface area contributed by atoms with E-state index in [1.165, 1.54) is 10.6 Å². The largest absolute Gasteiger partial charge is 0.399 e. The van der Waals surface area contributed by atoms with E-state index in [1.54, 1.807) is 7.11 Å². The molecule has 0 amide bonds. The zero-order valence-electron chi connectivity index (χ0n) is 11.4. The second-order valence-electron chi connectivity index (χ2n) is 4.52. The average Bonchev–Trinajstić information content (AvgIpc) is 2.43. The summed E-state index contributed by atoms with van der Waals surface area (Å²) in [4.78, 5) is 3.68. The summed E-state index contributed by atoms with van der Waals surface area (Å²) in [5.74, 6) is 1.13. The molecule has 0 radical (unpaired) electrons. The van der Waals surface area contributed by atoms with Gasteiger partial charge in [-0.2, -0.15) is 0 Å². The molecule has 0 fully saturated rings. The van der Waals surface area contributed by atoms with Gasteiger partial charge < -0.3 is 20.1 Å². The first-order valence-electron chi connectivity index (χ1n) is 6.65. The zero-order chi connectivity index (χ0) is 13.5. The number of ether oxygens (including phenoxy) is 2. The Hall–Kier alpha value is -0.910. The fraction of sp³-hybridized carbons (Fsp3) is 0.571. The van der Waals surface area contributed by atoms with E-state index in [1.807, 2.05) is 17.8 Å². The van der Waals surface area contributed by atoms with Crippen LogP contribution in [0.15, 0.2) is 23.1 Å². The van der Waals surface area contributed by atoms with Crippen LogP contribution >= 0.6 is 11.8 Å². The first-order chi connectivity index (χ1) is 9.31. The number of fused-ring (bicyclic) bond motifs is 1. The minimum absolute atomic E-state index is 0.753. The lowest BCUT2D eigenvalue weighted by molar-refractivity contribution is 0.107. The van der Waals surface area contributed by atoms with E-state index >= 15 is 0 Å². The molecule has 0 aliphatic carbocycles. The van der Waals surface area contributed by atoms with Crippen molar-refractivity contribution in [1.29, 1.82) is 0 Å². The van der Waals surface area contributed by atoms with Gasteiger partial charge in [-0.15, -0.1) is 11.8 Å². The highest BCUT2D eigenvalue weighted by atomic mass is 32.2. The van der Waals surface area contributed by atoms with Crippen LogP contribution in [0.3, 0.4) is 0 Å². The number of nitrogens with two attached hydrogens (primary N) is 1. The van der Waals surface area contributed by atoms with E-state index in [2.05, 4.69) is 17.0 Å². The molecule has 0 atom stereocenters. The van der Waals surface area contributed by atoms with Gasteiger partial charge in [-0.1, -0.05) is 0 Å². The van der Waals surface area contributed by atoms with E-state index in [-0.39, 0.29) is 0 Å². The minimum Gasteiger partial charge on any atom is -0.399 e. The van der Waals surface area contributed by atoms with Crippen molar-refractivity contribution >= 4 is 23.1 Å². The van der Waals surface area contributed by atoms with Crippen LogP contribution in [0.25, 0.3) is 0 Å². The van der Waals surface area contributed by atoms with Crippen molar-refractivity contribution < 1.29 is 9.47 Å². The Bertz CT molecular complexity index is 401. The van der Waals surface area contributed by atoms with E-state index in [9.17, 15) is 0 Å². The Labute approximate surface area is 119 Å². The Morgan fingerprint density at radius 1 is 1.32 bits per heavy atom. The maximum Gasteiger partial charge on any atom is 0.0641 e. The monoisotopic (exact) mass is 282 g/mol. The predicted molar refractivity (Wildman–Crippen MR) is 81.1 cm³/mol. The summed E-state index contributed by atoms with van der Waals surface area (Å²) in [7, 11) is 1.72. The standard InChI is InChI=1S/C14H22N2O2S/c1-17-7-2-8-18-9-5-16-6-10-19-14-4-3-12(15)11-13(14)16/h3-4,11H,2,5-10,15H2,1H3. The molecule has 5 heteroatoms. The summed E-state index contributed by atoms with van der Waals surface area (Å²) in [6.45, 7) is 4.26. The van der Waals surface area contributed by atoms with Crippen molar-refractivity contribution in [2.45, 2.75) is 11.3 Å². The van der Waals surface area contributed by atoms with Gasteiger partial charge in [0.2, 0.25) is 0 Å². The highest BCUT2D eigenvalue weighted by Gasteiger charge is 2.16. The SMILES string of the molecule is COCCCOCCN1CCSc2ccc(N)cc21. The van der Waals surface area contributed by atoms with Crippen LogP contribution in [0.1, 0.15) is 6.42 Å². The number of rotatable bonds is 7. The van der Waals surface area contributed by atoms with Crippen LogP contribution in [0.2, 0.25) is 0 Å². The number of nitrogen functional groups attached to an aromatic ring is 1. The Morgan fingerprint density at radius 2 is 2.21 bits per heavy atom. The number of anilines is 2. The van der Waals surface area contributed by atoms with E-state index in [0.717, 1.165) is 50.8 Å². The first kappa shape index (κ1) is 14.5. The minimum atomic E-state index is 0.753. The number of hydrogen-bond acceptors (Lipinski definition) is 5. The highest BCUT2D eigenvalue weighted by Crippen LogP contribution is 2.35. The van der Waals surface area contributed by atoms with Crippen LogP contribution in [0.5, 0.6) is 0 Å². The van der Waals surface area contributed by atoms with Gasteiger partial charge in [0.05, 0.1) is 12.3 Å². The number of nitrogens with zero attached hydrogens (tertiary/aromatic N) is 1. The molecule has 0 unspecified atom stereocenters. The summed E-state index contributed by atoms with van der Waals surface area (Å²) in [5.41, 5.74) is 7.95. The number of thioether (sulfide) groups is 1. The predicted octanol–water partition coefficient (Wildman–Crippen LogP) is 2.23. The lowest BCUT2D eigenvalue weighted by atomic mass is 10.2. The molecular weight excluding hydrogens is 260 g/mol. The van der Waals surface area contributed by atoms with Crippen molar-refractivity contribution in [1.82, 2.24) is 0 Å². The van der Waals surface area contributed by atoms with E-state index in [4.69, 9.17) is 15.2 Å². The number of methoxy groups -OCH3 is 1. The molecule has 1 aromatic rings. The normalized spacial score (nSPS) is 14.5. The van der Waals surface area contributed by atoms with E-state index in [0.29, 0.717) is 0 Å². The van der Waals surface area contributed by atoms with Gasteiger partial charge in [0, 0.05) is 49.7 Å². The molecule has 1 aliphatic rings. The first-order valence-corrected chi connectivity index (χ1v) is 7.64. The molecule has 0 bridgehead atoms. The maximum absolute atomic E-state index is 5.87. The molecule has 0 saturated carbocycles. The summed E-state index contributed by atoms with van der Waals surface area (Å²) >= 11 is 1.90. The lowest BCUT2D eigenvalue weighted by Crippen LogP contribution is -2.32. The maximum atomic E-state index is 5.87. The quantitative estimate of drug-likeness (QED) is 0.614. The molecule has 1 aliphatic heterocycles. The van der Waals surface area contributed by atoms with Gasteiger partial charge in [0.15, 0.2) is 0 Å². The second-order valence-corrected chi connectivity index (χ2v) is 5.66. The molecule has 0 spiro atoms. The molecule has 2 rings (SSSR count). The van der Waals surface area contributed by atoms with Gasteiger partial charge >= 0.3 is 0 Å². The molecule has 2 N–H and O–H groups in total. The smallest absolute Gasteiger partial charge is 0.0641 e. The van der Waals surface area contributed by atoms with Gasteiger partial charge in [0.1, 0.15) is 0 Å². The molecule has 19 heavy (non-hydrogen) atoms. The third-order valence-electron chi connectivity index (χ3n) is 3.09. The molecule has 0 aromatic heterocycles. The Balaban J connectivity index is 1.80. The van der Waals surface area contributed by atoms with Crippen molar-refractivity contribution in [2.75, 3.05) is 56.4 Å². The molecule has 106 valence electrons.